The van der Waals surface area contributed by atoms with Crippen LogP contribution in [0.1, 0.15) is 0 Å². The van der Waals surface area contributed by atoms with E-state index >= 15 is 0 Å². The van der Waals surface area contributed by atoms with Gasteiger partial charge in [0.1, 0.15) is 0 Å². The second-order valence-electron chi connectivity index (χ2n) is 0.994. The number of halogens is 1. The summed E-state index contributed by atoms with van der Waals surface area (Å²) in [5, 5.41) is 7.21. The molecule has 0 bridgehead atoms. The van der Waals surface area contributed by atoms with Gasteiger partial charge in [-0.2, -0.15) is 0 Å². The molecular formula is C5H3IN2. The molecule has 8 heavy (non-hydrogen) atoms. The molecule has 0 saturated heterocycles. The summed E-state index contributed by atoms with van der Waals surface area (Å²) >= 11 is -0.0926. The first-order chi connectivity index (χ1) is 4.00. The zero-order chi connectivity index (χ0) is 5.66. The van der Waals surface area contributed by atoms with E-state index in [2.05, 4.69) is 19.7 Å². The van der Waals surface area contributed by atoms with Crippen LogP contribution in [0.2, 0.25) is 0 Å². The van der Waals surface area contributed by atoms with Crippen molar-refractivity contribution in [2.24, 2.45) is 10.2 Å². The summed E-state index contributed by atoms with van der Waals surface area (Å²) < 4.78 is 4.83. The minimum absolute atomic E-state index is 0.0926. The highest BCUT2D eigenvalue weighted by atomic mass is 127. The van der Waals surface area contributed by atoms with Crippen LogP contribution in [-0.4, -0.2) is 13.8 Å². The number of nitrogens with zero attached hydrogens (tertiary/aromatic N) is 2. The lowest BCUT2D eigenvalue weighted by molar-refractivity contribution is 1.29. The highest BCUT2D eigenvalue weighted by Gasteiger charge is 1.62. The van der Waals surface area contributed by atoms with E-state index in [4.69, 9.17) is 0 Å². The molecule has 0 aromatic heterocycles. The Morgan fingerprint density at radius 2 is 2.38 bits per heavy atom. The molecule has 0 unspecified atom stereocenters. The van der Waals surface area contributed by atoms with Crippen molar-refractivity contribution in [2.45, 2.75) is 0 Å². The minimum Gasteiger partial charge on any atom is -0.143 e. The van der Waals surface area contributed by atoms with Gasteiger partial charge in [-0.05, 0) is 26.8 Å². The number of hydrogen-bond acceptors (Lipinski definition) is 2. The van der Waals surface area contributed by atoms with E-state index < -0.39 is 0 Å². The first kappa shape index (κ1) is 5.63. The van der Waals surface area contributed by atoms with E-state index in [9.17, 15) is 0 Å². The predicted molar refractivity (Wildman–Crippen MR) is 44.1 cm³/mol. The molecule has 0 N–H and O–H groups in total. The van der Waals surface area contributed by atoms with Gasteiger partial charge < -0.3 is 0 Å². The zero-order valence-corrected chi connectivity index (χ0v) is 6.16. The van der Waals surface area contributed by atoms with Crippen molar-refractivity contribution in [3.63, 3.8) is 0 Å². The molecule has 1 aliphatic heterocycles. The molecule has 0 spiro atoms. The Morgan fingerprint density at radius 3 is 3.38 bits per heavy atom. The van der Waals surface area contributed by atoms with Crippen LogP contribution in [-0.2, 0) is 0 Å². The van der Waals surface area contributed by atoms with E-state index in [1.165, 1.54) is 0 Å². The Morgan fingerprint density at radius 1 is 1.38 bits per heavy atom. The molecule has 0 fully saturated rings. The number of hydrogen-bond donors (Lipinski definition) is 0. The van der Waals surface area contributed by atoms with Crippen molar-refractivity contribution in [3.8, 4) is 0 Å². The smallest absolute Gasteiger partial charge is 0.0906 e. The van der Waals surface area contributed by atoms with Gasteiger partial charge in [0.2, 0.25) is 0 Å². The van der Waals surface area contributed by atoms with Crippen molar-refractivity contribution in [2.75, 3.05) is 0 Å². The lowest BCUT2D eigenvalue weighted by Gasteiger charge is -1.68. The normalized spacial score (nSPS) is 15.0. The van der Waals surface area contributed by atoms with Gasteiger partial charge in [0.05, 0.1) is 4.22 Å². The van der Waals surface area contributed by atoms with Crippen LogP contribution in [0.5, 0.6) is 0 Å². The van der Waals surface area contributed by atoms with Crippen molar-refractivity contribution in [3.05, 3.63) is 12.2 Å². The maximum absolute atomic E-state index is 3.65. The highest BCUT2D eigenvalue weighted by molar-refractivity contribution is 14.2. The Kier molecular flexibility index (Phi) is 2.46. The van der Waals surface area contributed by atoms with Crippen LogP contribution in [0.3, 0.4) is 0 Å². The summed E-state index contributed by atoms with van der Waals surface area (Å²) in [5.41, 5.74) is 0. The molecular weight excluding hydrogens is 215 g/mol. The molecule has 3 heteroatoms. The molecule has 1 rings (SSSR count). The summed E-state index contributed by atoms with van der Waals surface area (Å²) in [6.45, 7) is 0. The third kappa shape index (κ3) is 1.98. The van der Waals surface area contributed by atoms with Gasteiger partial charge in [-0.1, -0.05) is 3.67 Å². The maximum atomic E-state index is 3.65. The molecule has 0 atom stereocenters. The van der Waals surface area contributed by atoms with E-state index in [0.717, 1.165) is 0 Å². The monoisotopic (exact) mass is 218 g/mol. The average Bonchev–Trinajstić information content (AvgIpc) is 1.62. The largest absolute Gasteiger partial charge is 0.143 e. The SMILES string of the molecule is C1=CC=C=IC=NN=1. The lowest BCUT2D eigenvalue weighted by Crippen LogP contribution is -1.57. The fraction of sp³-hybridized carbons (Fsp3) is 0. The van der Waals surface area contributed by atoms with Gasteiger partial charge in [-0.3, -0.25) is 0 Å². The highest BCUT2D eigenvalue weighted by Crippen LogP contribution is 1.86. The summed E-state index contributed by atoms with van der Waals surface area (Å²) in [6, 6.07) is 0. The summed E-state index contributed by atoms with van der Waals surface area (Å²) in [6.07, 6.45) is 3.53. The molecule has 0 radical (unpaired) electrons. The van der Waals surface area contributed by atoms with Crippen molar-refractivity contribution < 1.29 is 0 Å². The second kappa shape index (κ2) is 3.50. The Balaban J connectivity index is 2.98. The van der Waals surface area contributed by atoms with Gasteiger partial charge in [-0.15, -0.1) is 10.2 Å². The third-order valence-corrected chi connectivity index (χ3v) is 1.74. The Hall–Kier alpha value is -0.500. The van der Waals surface area contributed by atoms with E-state index in [1.54, 1.807) is 10.3 Å². The standard InChI is InChI=1S/C5H3IN2/c1-2-4-7-8-5-6-3-1/h1-2,5H. The van der Waals surface area contributed by atoms with E-state index in [0.29, 0.717) is 0 Å². The fourth-order valence-corrected chi connectivity index (χ4v) is 1.04. The molecule has 0 aromatic rings. The fourth-order valence-electron chi connectivity index (χ4n) is 0.244. The maximum Gasteiger partial charge on any atom is 0.0906 e. The Bertz CT molecular complexity index is 191. The summed E-state index contributed by atoms with van der Waals surface area (Å²) in [4.78, 5) is 0. The molecule has 0 aliphatic carbocycles. The van der Waals surface area contributed by atoms with E-state index in [-0.39, 0.29) is 20.7 Å². The van der Waals surface area contributed by atoms with Crippen molar-refractivity contribution in [1.82, 2.24) is 0 Å². The van der Waals surface area contributed by atoms with Gasteiger partial charge in [0, 0.05) is 11.9 Å². The van der Waals surface area contributed by atoms with Crippen LogP contribution in [0.15, 0.2) is 22.4 Å². The van der Waals surface area contributed by atoms with Gasteiger partial charge in [0.25, 0.3) is 0 Å². The van der Waals surface area contributed by atoms with Gasteiger partial charge in [0.15, 0.2) is 0 Å². The predicted octanol–water partition coefficient (Wildman–Crippen LogP) is 1.10. The first-order valence-corrected chi connectivity index (χ1v) is 4.32. The zero-order valence-electron chi connectivity index (χ0n) is 4.00. The molecule has 1 heterocycles. The summed E-state index contributed by atoms with van der Waals surface area (Å²) in [7, 11) is 0. The van der Waals surface area contributed by atoms with Crippen LogP contribution < -0.4 is 0 Å². The van der Waals surface area contributed by atoms with Crippen LogP contribution in [0, 0.1) is 0 Å². The number of allylic oxidation sites excluding steroid dienone is 2. The third-order valence-electron chi connectivity index (χ3n) is 0.492. The molecule has 0 saturated carbocycles. The van der Waals surface area contributed by atoms with Crippen LogP contribution >= 0.6 is 20.7 Å². The average molecular weight is 218 g/mol. The number of rotatable bonds is 0. The second-order valence-corrected chi connectivity index (χ2v) is 2.80. The molecule has 1 aliphatic rings. The van der Waals surface area contributed by atoms with Crippen LogP contribution in [0.4, 0.5) is 0 Å². The first-order valence-electron chi connectivity index (χ1n) is 2.00. The van der Waals surface area contributed by atoms with Crippen LogP contribution in [0.25, 0.3) is 0 Å². The Labute approximate surface area is 57.1 Å². The molecule has 2 nitrogen and oxygen atoms in total. The van der Waals surface area contributed by atoms with Crippen molar-refractivity contribution in [1.29, 1.82) is 0 Å². The molecule has 0 amide bonds. The topological polar surface area (TPSA) is 24.7 Å². The lowest BCUT2D eigenvalue weighted by atomic mass is 10.6. The van der Waals surface area contributed by atoms with E-state index in [1.807, 2.05) is 6.08 Å². The molecule has 40 valence electrons. The van der Waals surface area contributed by atoms with Crippen molar-refractivity contribution >= 4 is 34.5 Å². The quantitative estimate of drug-likeness (QED) is 0.544. The molecule has 0 aromatic carbocycles. The van der Waals surface area contributed by atoms with Gasteiger partial charge >= 0.3 is 0 Å². The summed E-state index contributed by atoms with van der Waals surface area (Å²) in [5.74, 6) is 2.59. The van der Waals surface area contributed by atoms with Gasteiger partial charge in [-0.25, -0.2) is 0 Å². The minimum atomic E-state index is -0.0926.